The summed E-state index contributed by atoms with van der Waals surface area (Å²) in [6.45, 7) is 1.31. The van der Waals surface area contributed by atoms with Gasteiger partial charge in [-0.05, 0) is 55.8 Å². The zero-order valence-electron chi connectivity index (χ0n) is 13.8. The van der Waals surface area contributed by atoms with Gasteiger partial charge in [0.25, 0.3) is 0 Å². The minimum atomic E-state index is -0.0778. The van der Waals surface area contributed by atoms with Gasteiger partial charge in [0, 0.05) is 18.1 Å². The Morgan fingerprint density at radius 2 is 2.16 bits per heavy atom. The molecular formula is C19H20N4O2. The number of benzene rings is 1. The van der Waals surface area contributed by atoms with Crippen molar-refractivity contribution in [2.75, 3.05) is 11.9 Å². The third-order valence-electron chi connectivity index (χ3n) is 4.30. The van der Waals surface area contributed by atoms with E-state index in [-0.39, 0.29) is 11.9 Å². The van der Waals surface area contributed by atoms with E-state index in [1.165, 1.54) is 0 Å². The van der Waals surface area contributed by atoms with E-state index in [1.807, 2.05) is 59.3 Å². The molecule has 1 aliphatic rings. The lowest BCUT2D eigenvalue weighted by Crippen LogP contribution is -2.35. The number of carbonyl (C=O) groups is 1. The minimum absolute atomic E-state index is 0.0240. The first-order valence-corrected chi connectivity index (χ1v) is 8.48. The lowest BCUT2D eigenvalue weighted by molar-refractivity contribution is -0.117. The maximum Gasteiger partial charge on any atom is 0.241 e. The quantitative estimate of drug-likeness (QED) is 0.751. The molecule has 1 unspecified atom stereocenters. The molecule has 3 heterocycles. The highest BCUT2D eigenvalue weighted by Crippen LogP contribution is 2.18. The summed E-state index contributed by atoms with van der Waals surface area (Å²) in [4.78, 5) is 16.6. The van der Waals surface area contributed by atoms with Crippen molar-refractivity contribution in [2.24, 2.45) is 0 Å². The molecule has 25 heavy (non-hydrogen) atoms. The molecule has 0 radical (unpaired) electrons. The molecule has 4 rings (SSSR count). The van der Waals surface area contributed by atoms with Crippen LogP contribution in [-0.4, -0.2) is 27.9 Å². The Kier molecular flexibility index (Phi) is 4.35. The molecule has 128 valence electrons. The van der Waals surface area contributed by atoms with Crippen LogP contribution in [0, 0.1) is 0 Å². The summed E-state index contributed by atoms with van der Waals surface area (Å²) in [5.74, 6) is 0.768. The van der Waals surface area contributed by atoms with E-state index in [4.69, 9.17) is 4.74 Å². The molecule has 3 aromatic rings. The largest absolute Gasteiger partial charge is 0.487 e. The van der Waals surface area contributed by atoms with E-state index in [0.29, 0.717) is 6.61 Å². The Morgan fingerprint density at radius 3 is 2.92 bits per heavy atom. The zero-order chi connectivity index (χ0) is 17.1. The Bertz CT molecular complexity index is 834. The predicted octanol–water partition coefficient (Wildman–Crippen LogP) is 2.60. The van der Waals surface area contributed by atoms with Crippen LogP contribution in [0.4, 0.5) is 5.69 Å². The van der Waals surface area contributed by atoms with Crippen LogP contribution in [0.25, 0.3) is 5.65 Å². The standard InChI is InChI=1S/C19H20N4O2/c24-19(17-4-3-10-20-17)22-14-6-8-16(9-7-14)25-13-15-12-23-11-2-1-5-18(23)21-15/h1-2,5-9,11-12,17,20H,3-4,10,13H2,(H,22,24). The average molecular weight is 336 g/mol. The van der Waals surface area contributed by atoms with Gasteiger partial charge in [0.15, 0.2) is 0 Å². The van der Waals surface area contributed by atoms with Gasteiger partial charge < -0.3 is 19.8 Å². The van der Waals surface area contributed by atoms with Crippen LogP contribution in [0.3, 0.4) is 0 Å². The van der Waals surface area contributed by atoms with Crippen LogP contribution >= 0.6 is 0 Å². The molecule has 0 aliphatic carbocycles. The van der Waals surface area contributed by atoms with Gasteiger partial charge in [0.2, 0.25) is 5.91 Å². The van der Waals surface area contributed by atoms with E-state index in [1.54, 1.807) is 0 Å². The van der Waals surface area contributed by atoms with Gasteiger partial charge in [-0.25, -0.2) is 4.98 Å². The highest BCUT2D eigenvalue weighted by Gasteiger charge is 2.21. The van der Waals surface area contributed by atoms with Gasteiger partial charge in [-0.15, -0.1) is 0 Å². The van der Waals surface area contributed by atoms with Crippen molar-refractivity contribution in [2.45, 2.75) is 25.5 Å². The molecule has 0 bridgehead atoms. The second kappa shape index (κ2) is 6.94. The van der Waals surface area contributed by atoms with Crippen LogP contribution in [0.1, 0.15) is 18.5 Å². The summed E-state index contributed by atoms with van der Waals surface area (Å²) < 4.78 is 7.75. The molecule has 1 saturated heterocycles. The maximum atomic E-state index is 12.1. The highest BCUT2D eigenvalue weighted by molar-refractivity contribution is 5.95. The van der Waals surface area contributed by atoms with Crippen molar-refractivity contribution in [3.8, 4) is 5.75 Å². The van der Waals surface area contributed by atoms with E-state index < -0.39 is 0 Å². The number of hydrogen-bond donors (Lipinski definition) is 2. The first-order valence-electron chi connectivity index (χ1n) is 8.48. The third-order valence-corrected chi connectivity index (χ3v) is 4.30. The topological polar surface area (TPSA) is 67.7 Å². The molecule has 2 aromatic heterocycles. The second-order valence-corrected chi connectivity index (χ2v) is 6.15. The van der Waals surface area contributed by atoms with Crippen molar-refractivity contribution >= 4 is 17.2 Å². The molecule has 1 atom stereocenters. The summed E-state index contributed by atoms with van der Waals surface area (Å²) in [6.07, 6.45) is 5.86. The van der Waals surface area contributed by atoms with Crippen molar-refractivity contribution < 1.29 is 9.53 Å². The number of ether oxygens (including phenoxy) is 1. The molecule has 1 fully saturated rings. The molecule has 6 heteroatoms. The maximum absolute atomic E-state index is 12.1. The normalized spacial score (nSPS) is 16.9. The van der Waals surface area contributed by atoms with Gasteiger partial charge in [-0.3, -0.25) is 4.79 Å². The zero-order valence-corrected chi connectivity index (χ0v) is 13.8. The fourth-order valence-electron chi connectivity index (χ4n) is 2.99. The Morgan fingerprint density at radius 1 is 1.28 bits per heavy atom. The number of hydrogen-bond acceptors (Lipinski definition) is 4. The van der Waals surface area contributed by atoms with E-state index in [0.717, 1.165) is 42.2 Å². The van der Waals surface area contributed by atoms with Crippen LogP contribution in [0.2, 0.25) is 0 Å². The summed E-state index contributed by atoms with van der Waals surface area (Å²) >= 11 is 0. The van der Waals surface area contributed by atoms with Gasteiger partial charge in [-0.1, -0.05) is 6.07 Å². The molecule has 2 N–H and O–H groups in total. The summed E-state index contributed by atoms with van der Waals surface area (Å²) in [5.41, 5.74) is 2.55. The number of aromatic nitrogens is 2. The van der Waals surface area contributed by atoms with Gasteiger partial charge in [-0.2, -0.15) is 0 Å². The molecule has 0 spiro atoms. The fraction of sp³-hybridized carbons (Fsp3) is 0.263. The van der Waals surface area contributed by atoms with Gasteiger partial charge >= 0.3 is 0 Å². The predicted molar refractivity (Wildman–Crippen MR) is 95.6 cm³/mol. The first kappa shape index (κ1) is 15.7. The lowest BCUT2D eigenvalue weighted by Gasteiger charge is -2.11. The molecule has 6 nitrogen and oxygen atoms in total. The van der Waals surface area contributed by atoms with Crippen LogP contribution < -0.4 is 15.4 Å². The van der Waals surface area contributed by atoms with E-state index >= 15 is 0 Å². The molecular weight excluding hydrogens is 316 g/mol. The van der Waals surface area contributed by atoms with Crippen LogP contribution in [0.5, 0.6) is 5.75 Å². The number of nitrogens with one attached hydrogen (secondary N) is 2. The SMILES string of the molecule is O=C(Nc1ccc(OCc2cn3ccccc3n2)cc1)C1CCCN1. The summed E-state index contributed by atoms with van der Waals surface area (Å²) in [5, 5.41) is 6.12. The van der Waals surface area contributed by atoms with Gasteiger partial charge in [0.1, 0.15) is 18.0 Å². The van der Waals surface area contributed by atoms with E-state index in [2.05, 4.69) is 15.6 Å². The number of nitrogens with zero attached hydrogens (tertiary/aromatic N) is 2. The Labute approximate surface area is 145 Å². The third kappa shape index (κ3) is 3.64. The average Bonchev–Trinajstić information content (AvgIpc) is 3.30. The number of rotatable bonds is 5. The van der Waals surface area contributed by atoms with E-state index in [9.17, 15) is 4.79 Å². The van der Waals surface area contributed by atoms with Crippen LogP contribution in [-0.2, 0) is 11.4 Å². The highest BCUT2D eigenvalue weighted by atomic mass is 16.5. The number of amides is 1. The second-order valence-electron chi connectivity index (χ2n) is 6.15. The van der Waals surface area contributed by atoms with Crippen LogP contribution in [0.15, 0.2) is 54.9 Å². The smallest absolute Gasteiger partial charge is 0.241 e. The number of anilines is 1. The Balaban J connectivity index is 1.34. The van der Waals surface area contributed by atoms with Crippen molar-refractivity contribution in [3.63, 3.8) is 0 Å². The fourth-order valence-corrected chi connectivity index (χ4v) is 2.99. The Hall–Kier alpha value is -2.86. The summed E-state index contributed by atoms with van der Waals surface area (Å²) in [6, 6.07) is 13.2. The minimum Gasteiger partial charge on any atom is -0.487 e. The monoisotopic (exact) mass is 336 g/mol. The molecule has 1 amide bonds. The number of carbonyl (C=O) groups excluding carboxylic acids is 1. The van der Waals surface area contributed by atoms with Crippen molar-refractivity contribution in [1.82, 2.24) is 14.7 Å². The number of pyridine rings is 1. The van der Waals surface area contributed by atoms with Crippen molar-refractivity contribution in [3.05, 3.63) is 60.6 Å². The molecule has 1 aliphatic heterocycles. The first-order chi connectivity index (χ1) is 12.3. The van der Waals surface area contributed by atoms with Gasteiger partial charge in [0.05, 0.1) is 11.7 Å². The number of imidazole rings is 1. The molecule has 1 aromatic carbocycles. The van der Waals surface area contributed by atoms with Crippen molar-refractivity contribution in [1.29, 1.82) is 0 Å². The molecule has 0 saturated carbocycles. The lowest BCUT2D eigenvalue weighted by atomic mass is 10.2. The summed E-state index contributed by atoms with van der Waals surface area (Å²) in [7, 11) is 0. The number of fused-ring (bicyclic) bond motifs is 1.